The number of hydrogen-bond acceptors (Lipinski definition) is 4. The first-order valence-corrected chi connectivity index (χ1v) is 5.02. The quantitative estimate of drug-likeness (QED) is 0.760. The molecule has 1 aromatic rings. The Morgan fingerprint density at radius 2 is 2.19 bits per heavy atom. The number of aliphatic hydroxyl groups excluding tert-OH is 1. The first-order chi connectivity index (χ1) is 7.69. The van der Waals surface area contributed by atoms with Crippen molar-refractivity contribution >= 4 is 5.97 Å². The molecule has 1 unspecified atom stereocenters. The zero-order valence-corrected chi connectivity index (χ0v) is 9.47. The summed E-state index contributed by atoms with van der Waals surface area (Å²) in [5, 5.41) is 9.63. The molecule has 0 spiro atoms. The van der Waals surface area contributed by atoms with Crippen molar-refractivity contribution in [1.29, 1.82) is 0 Å². The maximum absolute atomic E-state index is 11.1. The van der Waals surface area contributed by atoms with E-state index in [-0.39, 0.29) is 0 Å². The van der Waals surface area contributed by atoms with Crippen molar-refractivity contribution < 1.29 is 19.4 Å². The number of carbonyl (C=O) groups is 1. The predicted octanol–water partition coefficient (Wildman–Crippen LogP) is 1.08. The number of methoxy groups -OCH3 is 2. The molecule has 4 nitrogen and oxygen atoms in total. The standard InChI is InChI=1S/C12H16O4/c1-15-7-6-9-4-3-5-10(8-9)11(13)12(14)16-2/h3-5,8,11,13H,6-7H2,1-2H3. The van der Waals surface area contributed by atoms with E-state index >= 15 is 0 Å². The summed E-state index contributed by atoms with van der Waals surface area (Å²) < 4.78 is 9.43. The van der Waals surface area contributed by atoms with Crippen molar-refractivity contribution in [2.24, 2.45) is 0 Å². The topological polar surface area (TPSA) is 55.8 Å². The summed E-state index contributed by atoms with van der Waals surface area (Å²) in [5.41, 5.74) is 1.56. The number of ether oxygens (including phenoxy) is 2. The van der Waals surface area contributed by atoms with Gasteiger partial charge >= 0.3 is 5.97 Å². The maximum atomic E-state index is 11.1. The van der Waals surface area contributed by atoms with E-state index in [1.807, 2.05) is 6.07 Å². The molecule has 16 heavy (non-hydrogen) atoms. The molecule has 0 saturated carbocycles. The fourth-order valence-electron chi connectivity index (χ4n) is 1.39. The second-order valence-corrected chi connectivity index (χ2v) is 3.41. The largest absolute Gasteiger partial charge is 0.467 e. The average molecular weight is 224 g/mol. The minimum Gasteiger partial charge on any atom is -0.467 e. The fraction of sp³-hybridized carbons (Fsp3) is 0.417. The molecule has 0 amide bonds. The number of rotatable bonds is 5. The monoisotopic (exact) mass is 224 g/mol. The third-order valence-electron chi connectivity index (χ3n) is 2.29. The van der Waals surface area contributed by atoms with Gasteiger partial charge < -0.3 is 14.6 Å². The highest BCUT2D eigenvalue weighted by atomic mass is 16.5. The van der Waals surface area contributed by atoms with Gasteiger partial charge in [0.2, 0.25) is 0 Å². The van der Waals surface area contributed by atoms with Gasteiger partial charge in [0.15, 0.2) is 6.10 Å². The van der Waals surface area contributed by atoms with Crippen LogP contribution in [0.15, 0.2) is 24.3 Å². The van der Waals surface area contributed by atoms with Crippen LogP contribution in [-0.2, 0) is 20.7 Å². The van der Waals surface area contributed by atoms with Crippen molar-refractivity contribution in [2.75, 3.05) is 20.8 Å². The number of hydrogen-bond donors (Lipinski definition) is 1. The Labute approximate surface area is 94.8 Å². The van der Waals surface area contributed by atoms with Crippen LogP contribution in [0.1, 0.15) is 17.2 Å². The van der Waals surface area contributed by atoms with Crippen LogP contribution >= 0.6 is 0 Å². The Morgan fingerprint density at radius 3 is 2.81 bits per heavy atom. The van der Waals surface area contributed by atoms with E-state index in [9.17, 15) is 9.90 Å². The summed E-state index contributed by atoms with van der Waals surface area (Å²) in [7, 11) is 2.88. The highest BCUT2D eigenvalue weighted by Crippen LogP contribution is 2.16. The molecule has 0 aliphatic rings. The molecule has 1 atom stereocenters. The second kappa shape index (κ2) is 6.25. The highest BCUT2D eigenvalue weighted by molar-refractivity contribution is 5.76. The van der Waals surface area contributed by atoms with Gasteiger partial charge in [-0.05, 0) is 17.5 Å². The third-order valence-corrected chi connectivity index (χ3v) is 2.29. The summed E-state index contributed by atoms with van der Waals surface area (Å²) in [6.45, 7) is 0.609. The van der Waals surface area contributed by atoms with E-state index in [1.54, 1.807) is 25.3 Å². The summed E-state index contributed by atoms with van der Waals surface area (Å²) >= 11 is 0. The van der Waals surface area contributed by atoms with Crippen LogP contribution in [0.5, 0.6) is 0 Å². The van der Waals surface area contributed by atoms with Crippen molar-refractivity contribution in [2.45, 2.75) is 12.5 Å². The van der Waals surface area contributed by atoms with Gasteiger partial charge in [0.05, 0.1) is 13.7 Å². The van der Waals surface area contributed by atoms with Gasteiger partial charge in [-0.1, -0.05) is 24.3 Å². The molecular weight excluding hydrogens is 208 g/mol. The number of carbonyl (C=O) groups excluding carboxylic acids is 1. The molecule has 1 aromatic carbocycles. The number of esters is 1. The lowest BCUT2D eigenvalue weighted by Crippen LogP contribution is -2.13. The molecule has 1 N–H and O–H groups in total. The molecule has 0 heterocycles. The Morgan fingerprint density at radius 1 is 1.44 bits per heavy atom. The lowest BCUT2D eigenvalue weighted by molar-refractivity contribution is -0.150. The van der Waals surface area contributed by atoms with Gasteiger partial charge in [0.1, 0.15) is 0 Å². The summed E-state index contributed by atoms with van der Waals surface area (Å²) in [6, 6.07) is 7.19. The second-order valence-electron chi connectivity index (χ2n) is 3.41. The van der Waals surface area contributed by atoms with Crippen LogP contribution in [0.25, 0.3) is 0 Å². The van der Waals surface area contributed by atoms with Crippen LogP contribution in [0, 0.1) is 0 Å². The smallest absolute Gasteiger partial charge is 0.339 e. The van der Waals surface area contributed by atoms with Crippen LogP contribution in [0.4, 0.5) is 0 Å². The molecule has 0 aromatic heterocycles. The normalized spacial score (nSPS) is 12.2. The molecular formula is C12H16O4. The number of benzene rings is 1. The Balaban J connectivity index is 2.77. The van der Waals surface area contributed by atoms with Crippen LogP contribution in [0.2, 0.25) is 0 Å². The van der Waals surface area contributed by atoms with Gasteiger partial charge in [-0.25, -0.2) is 4.79 Å². The molecule has 88 valence electrons. The Kier molecular flexibility index (Phi) is 4.95. The highest BCUT2D eigenvalue weighted by Gasteiger charge is 2.17. The van der Waals surface area contributed by atoms with Crippen molar-refractivity contribution in [3.63, 3.8) is 0 Å². The van der Waals surface area contributed by atoms with E-state index in [4.69, 9.17) is 4.74 Å². The van der Waals surface area contributed by atoms with E-state index in [0.29, 0.717) is 12.2 Å². The third kappa shape index (κ3) is 3.32. The van der Waals surface area contributed by atoms with Gasteiger partial charge in [0.25, 0.3) is 0 Å². The molecule has 0 aliphatic heterocycles. The number of aliphatic hydroxyl groups is 1. The summed E-state index contributed by atoms with van der Waals surface area (Å²) in [4.78, 5) is 11.1. The molecule has 0 aliphatic carbocycles. The first-order valence-electron chi connectivity index (χ1n) is 5.02. The first kappa shape index (κ1) is 12.7. The molecule has 4 heteroatoms. The summed E-state index contributed by atoms with van der Waals surface area (Å²) in [6.07, 6.45) is -0.467. The van der Waals surface area contributed by atoms with Crippen molar-refractivity contribution in [3.05, 3.63) is 35.4 Å². The molecule has 1 rings (SSSR count). The maximum Gasteiger partial charge on any atom is 0.339 e. The lowest BCUT2D eigenvalue weighted by atomic mass is 10.0. The van der Waals surface area contributed by atoms with Crippen molar-refractivity contribution in [3.8, 4) is 0 Å². The van der Waals surface area contributed by atoms with E-state index in [1.165, 1.54) is 7.11 Å². The molecule has 0 fully saturated rings. The van der Waals surface area contributed by atoms with Gasteiger partial charge in [0, 0.05) is 7.11 Å². The lowest BCUT2D eigenvalue weighted by Gasteiger charge is -2.10. The Bertz CT molecular complexity index is 349. The van der Waals surface area contributed by atoms with Crippen LogP contribution in [-0.4, -0.2) is 31.9 Å². The minimum absolute atomic E-state index is 0.542. The van der Waals surface area contributed by atoms with Crippen LogP contribution in [0.3, 0.4) is 0 Å². The predicted molar refractivity (Wildman–Crippen MR) is 59.0 cm³/mol. The molecule has 0 bridgehead atoms. The van der Waals surface area contributed by atoms with E-state index in [0.717, 1.165) is 12.0 Å². The van der Waals surface area contributed by atoms with Crippen molar-refractivity contribution in [1.82, 2.24) is 0 Å². The Hall–Kier alpha value is -1.39. The fourth-order valence-corrected chi connectivity index (χ4v) is 1.39. The average Bonchev–Trinajstić information content (AvgIpc) is 2.34. The van der Waals surface area contributed by atoms with Gasteiger partial charge in [-0.2, -0.15) is 0 Å². The van der Waals surface area contributed by atoms with E-state index < -0.39 is 12.1 Å². The van der Waals surface area contributed by atoms with Crippen LogP contribution < -0.4 is 0 Å². The summed E-state index contributed by atoms with van der Waals surface area (Å²) in [5.74, 6) is -0.649. The zero-order valence-electron chi connectivity index (χ0n) is 9.47. The molecule has 0 radical (unpaired) electrons. The SMILES string of the molecule is COCCc1cccc(C(O)C(=O)OC)c1. The van der Waals surface area contributed by atoms with E-state index in [2.05, 4.69) is 4.74 Å². The minimum atomic E-state index is -1.22. The van der Waals surface area contributed by atoms with Gasteiger partial charge in [-0.15, -0.1) is 0 Å². The molecule has 0 saturated heterocycles. The van der Waals surface area contributed by atoms with Gasteiger partial charge in [-0.3, -0.25) is 0 Å². The zero-order chi connectivity index (χ0) is 12.0.